The van der Waals surface area contributed by atoms with Crippen LogP contribution >= 0.6 is 11.3 Å². The maximum atomic E-state index is 12.4. The van der Waals surface area contributed by atoms with Gasteiger partial charge in [0.2, 0.25) is 10.0 Å². The largest absolute Gasteiger partial charge is 0.299 e. The second-order valence-corrected chi connectivity index (χ2v) is 9.25. The van der Waals surface area contributed by atoms with Crippen LogP contribution in [0.3, 0.4) is 0 Å². The molecule has 0 amide bonds. The van der Waals surface area contributed by atoms with Gasteiger partial charge in [-0.25, -0.2) is 13.1 Å². The van der Waals surface area contributed by atoms with Crippen molar-refractivity contribution in [2.75, 3.05) is 13.1 Å². The summed E-state index contributed by atoms with van der Waals surface area (Å²) in [4.78, 5) is 3.40. The van der Waals surface area contributed by atoms with Gasteiger partial charge in [0.1, 0.15) is 4.21 Å². The third-order valence-corrected chi connectivity index (χ3v) is 7.15. The van der Waals surface area contributed by atoms with Crippen LogP contribution in [0.15, 0.2) is 46.7 Å². The molecule has 0 aliphatic carbocycles. The van der Waals surface area contributed by atoms with E-state index in [-0.39, 0.29) is 6.04 Å². The molecule has 1 aliphatic rings. The number of piperidine rings is 1. The molecular formula is C17H22N2O2S2. The van der Waals surface area contributed by atoms with Gasteiger partial charge < -0.3 is 0 Å². The predicted octanol–water partition coefficient (Wildman–Crippen LogP) is 3.00. The number of likely N-dealkylation sites (tertiary alicyclic amines) is 1. The minimum atomic E-state index is -3.37. The summed E-state index contributed by atoms with van der Waals surface area (Å²) in [7, 11) is -3.37. The van der Waals surface area contributed by atoms with Gasteiger partial charge in [0.05, 0.1) is 0 Å². The highest BCUT2D eigenvalue weighted by Crippen LogP contribution is 2.22. The Morgan fingerprint density at radius 1 is 1.13 bits per heavy atom. The van der Waals surface area contributed by atoms with E-state index in [9.17, 15) is 8.42 Å². The molecule has 124 valence electrons. The van der Waals surface area contributed by atoms with Crippen LogP contribution in [0.2, 0.25) is 0 Å². The topological polar surface area (TPSA) is 49.4 Å². The van der Waals surface area contributed by atoms with E-state index in [0.717, 1.165) is 37.4 Å². The Labute approximate surface area is 142 Å². The molecule has 23 heavy (non-hydrogen) atoms. The Bertz CT molecular complexity index is 733. The summed E-state index contributed by atoms with van der Waals surface area (Å²) in [6.07, 6.45) is 1.72. The Morgan fingerprint density at radius 3 is 2.43 bits per heavy atom. The van der Waals surface area contributed by atoms with Gasteiger partial charge in [0, 0.05) is 30.6 Å². The van der Waals surface area contributed by atoms with Gasteiger partial charge >= 0.3 is 0 Å². The SMILES string of the molecule is Cc1ccc(S(=O)(=O)NC2CCN(Cc3ccccc3)CC2)s1. The monoisotopic (exact) mass is 350 g/mol. The summed E-state index contributed by atoms with van der Waals surface area (Å²) < 4.78 is 28.0. The zero-order valence-corrected chi connectivity index (χ0v) is 14.9. The van der Waals surface area contributed by atoms with Crippen molar-refractivity contribution in [1.82, 2.24) is 9.62 Å². The molecule has 0 atom stereocenters. The quantitative estimate of drug-likeness (QED) is 0.902. The first-order chi connectivity index (χ1) is 11.0. The molecule has 2 aromatic rings. The number of hydrogen-bond donors (Lipinski definition) is 1. The maximum absolute atomic E-state index is 12.4. The fraction of sp³-hybridized carbons (Fsp3) is 0.412. The molecule has 1 aromatic carbocycles. The molecule has 1 saturated heterocycles. The van der Waals surface area contributed by atoms with E-state index >= 15 is 0 Å². The van der Waals surface area contributed by atoms with Crippen molar-refractivity contribution in [3.8, 4) is 0 Å². The molecule has 1 fully saturated rings. The molecule has 0 unspecified atom stereocenters. The number of thiophene rings is 1. The first kappa shape index (κ1) is 16.6. The summed E-state index contributed by atoms with van der Waals surface area (Å²) in [6.45, 7) is 4.70. The van der Waals surface area contributed by atoms with E-state index < -0.39 is 10.0 Å². The molecule has 1 N–H and O–H groups in total. The van der Waals surface area contributed by atoms with E-state index in [1.807, 2.05) is 19.1 Å². The summed E-state index contributed by atoms with van der Waals surface area (Å²) >= 11 is 1.32. The fourth-order valence-corrected chi connectivity index (χ4v) is 5.49. The normalized spacial score (nSPS) is 17.4. The van der Waals surface area contributed by atoms with Crippen LogP contribution < -0.4 is 4.72 Å². The van der Waals surface area contributed by atoms with Crippen LogP contribution in [0.5, 0.6) is 0 Å². The lowest BCUT2D eigenvalue weighted by molar-refractivity contribution is 0.200. The molecule has 1 aliphatic heterocycles. The Kier molecular flexibility index (Phi) is 5.16. The second kappa shape index (κ2) is 7.13. The smallest absolute Gasteiger partial charge is 0.250 e. The molecule has 0 radical (unpaired) electrons. The lowest BCUT2D eigenvalue weighted by atomic mass is 10.1. The molecule has 0 spiro atoms. The van der Waals surface area contributed by atoms with Gasteiger partial charge in [-0.15, -0.1) is 11.3 Å². The van der Waals surface area contributed by atoms with Gasteiger partial charge in [-0.3, -0.25) is 4.90 Å². The van der Waals surface area contributed by atoms with Gasteiger partial charge in [-0.05, 0) is 37.5 Å². The van der Waals surface area contributed by atoms with Crippen molar-refractivity contribution in [2.24, 2.45) is 0 Å². The van der Waals surface area contributed by atoms with E-state index in [0.29, 0.717) is 4.21 Å². The van der Waals surface area contributed by atoms with Gasteiger partial charge in [-0.1, -0.05) is 30.3 Å². The first-order valence-corrected chi connectivity index (χ1v) is 10.2. The summed E-state index contributed by atoms with van der Waals surface area (Å²) in [5, 5.41) is 0. The fourth-order valence-electron chi connectivity index (χ4n) is 2.88. The molecule has 0 bridgehead atoms. The number of sulfonamides is 1. The number of rotatable bonds is 5. The summed E-state index contributed by atoms with van der Waals surface area (Å²) in [5.41, 5.74) is 1.31. The van der Waals surface area contributed by atoms with E-state index in [2.05, 4.69) is 33.9 Å². The number of aryl methyl sites for hydroxylation is 1. The second-order valence-electron chi connectivity index (χ2n) is 6.02. The molecule has 4 nitrogen and oxygen atoms in total. The minimum absolute atomic E-state index is 0.0365. The molecule has 3 rings (SSSR count). The highest BCUT2D eigenvalue weighted by atomic mass is 32.2. The zero-order valence-electron chi connectivity index (χ0n) is 13.2. The highest BCUT2D eigenvalue weighted by Gasteiger charge is 2.25. The Morgan fingerprint density at radius 2 is 1.83 bits per heavy atom. The number of benzene rings is 1. The summed E-state index contributed by atoms with van der Waals surface area (Å²) in [5.74, 6) is 0. The van der Waals surface area contributed by atoms with Crippen LogP contribution in [0.25, 0.3) is 0 Å². The van der Waals surface area contributed by atoms with Gasteiger partial charge in [0.15, 0.2) is 0 Å². The van der Waals surface area contributed by atoms with E-state index in [1.165, 1.54) is 16.9 Å². The molecular weight excluding hydrogens is 328 g/mol. The van der Waals surface area contributed by atoms with Crippen molar-refractivity contribution in [2.45, 2.75) is 36.6 Å². The van der Waals surface area contributed by atoms with Crippen molar-refractivity contribution in [1.29, 1.82) is 0 Å². The maximum Gasteiger partial charge on any atom is 0.250 e. The van der Waals surface area contributed by atoms with Crippen molar-refractivity contribution in [3.05, 3.63) is 52.9 Å². The third-order valence-electron chi connectivity index (χ3n) is 4.14. The Hall–Kier alpha value is -1.21. The molecule has 6 heteroatoms. The molecule has 2 heterocycles. The average molecular weight is 351 g/mol. The van der Waals surface area contributed by atoms with Crippen LogP contribution in [-0.4, -0.2) is 32.4 Å². The number of nitrogens with one attached hydrogen (secondary N) is 1. The Balaban J connectivity index is 1.53. The van der Waals surface area contributed by atoms with Crippen molar-refractivity contribution >= 4 is 21.4 Å². The number of nitrogens with zero attached hydrogens (tertiary/aromatic N) is 1. The lowest BCUT2D eigenvalue weighted by Gasteiger charge is -2.32. The number of hydrogen-bond acceptors (Lipinski definition) is 4. The van der Waals surface area contributed by atoms with Crippen LogP contribution in [0, 0.1) is 6.92 Å². The zero-order chi connectivity index (χ0) is 16.3. The molecule has 0 saturated carbocycles. The third kappa shape index (κ3) is 4.41. The first-order valence-electron chi connectivity index (χ1n) is 7.88. The standard InChI is InChI=1S/C17H22N2O2S2/c1-14-7-8-17(22-14)23(20,21)18-16-9-11-19(12-10-16)13-15-5-3-2-4-6-15/h2-8,16,18H,9-13H2,1H3. The van der Waals surface area contributed by atoms with Crippen LogP contribution in [-0.2, 0) is 16.6 Å². The highest BCUT2D eigenvalue weighted by molar-refractivity contribution is 7.91. The van der Waals surface area contributed by atoms with Crippen molar-refractivity contribution in [3.63, 3.8) is 0 Å². The van der Waals surface area contributed by atoms with Gasteiger partial charge in [0.25, 0.3) is 0 Å². The summed E-state index contributed by atoms with van der Waals surface area (Å²) in [6, 6.07) is 14.0. The minimum Gasteiger partial charge on any atom is -0.299 e. The van der Waals surface area contributed by atoms with Crippen LogP contribution in [0.4, 0.5) is 0 Å². The lowest BCUT2D eigenvalue weighted by Crippen LogP contribution is -2.44. The van der Waals surface area contributed by atoms with Gasteiger partial charge in [-0.2, -0.15) is 0 Å². The average Bonchev–Trinajstić information content (AvgIpc) is 2.98. The van der Waals surface area contributed by atoms with Crippen LogP contribution in [0.1, 0.15) is 23.3 Å². The predicted molar refractivity (Wildman–Crippen MR) is 94.1 cm³/mol. The van der Waals surface area contributed by atoms with E-state index in [4.69, 9.17) is 0 Å². The van der Waals surface area contributed by atoms with E-state index in [1.54, 1.807) is 6.07 Å². The van der Waals surface area contributed by atoms with Crippen molar-refractivity contribution < 1.29 is 8.42 Å². The molecule has 1 aromatic heterocycles.